The molecule has 188 valence electrons. The van der Waals surface area contributed by atoms with Gasteiger partial charge in [0, 0.05) is 43.2 Å². The Morgan fingerprint density at radius 1 is 1.46 bits per heavy atom. The second-order valence-corrected chi connectivity index (χ2v) is 10.0. The van der Waals surface area contributed by atoms with Crippen LogP contribution in [0.25, 0.3) is 0 Å². The first-order valence-corrected chi connectivity index (χ1v) is 12.6. The van der Waals surface area contributed by atoms with Gasteiger partial charge < -0.3 is 25.5 Å². The summed E-state index contributed by atoms with van der Waals surface area (Å²) < 4.78 is 19.3. The summed E-state index contributed by atoms with van der Waals surface area (Å²) in [7, 11) is 0. The summed E-state index contributed by atoms with van der Waals surface area (Å²) >= 11 is 6.56. The second-order valence-electron chi connectivity index (χ2n) is 9.63. The molecule has 3 atom stereocenters. The highest BCUT2D eigenvalue weighted by molar-refractivity contribution is 6.31. The van der Waals surface area contributed by atoms with Crippen LogP contribution in [-0.2, 0) is 23.2 Å². The van der Waals surface area contributed by atoms with Gasteiger partial charge in [0.25, 0.3) is 0 Å². The summed E-state index contributed by atoms with van der Waals surface area (Å²) in [6.45, 7) is 8.55. The number of aromatic nitrogens is 1. The van der Waals surface area contributed by atoms with E-state index in [2.05, 4.69) is 28.7 Å². The maximum Gasteiger partial charge on any atom is 0.137 e. The molecule has 0 spiro atoms. The number of hydrogen-bond acceptors (Lipinski definition) is 6. The minimum atomic E-state index is -1.50. The molecule has 1 aromatic carbocycles. The van der Waals surface area contributed by atoms with Crippen molar-refractivity contribution in [3.8, 4) is 0 Å². The monoisotopic (exact) mass is 500 g/mol. The van der Waals surface area contributed by atoms with E-state index in [-0.39, 0.29) is 12.3 Å². The number of hydrogen-bond donors (Lipinski definition) is 3. The van der Waals surface area contributed by atoms with Gasteiger partial charge in [-0.2, -0.15) is 0 Å². The van der Waals surface area contributed by atoms with Gasteiger partial charge in [-0.25, -0.2) is 9.37 Å². The lowest BCUT2D eigenvalue weighted by molar-refractivity contribution is 0.0285. The second kappa shape index (κ2) is 10.6. The van der Waals surface area contributed by atoms with Crippen molar-refractivity contribution < 1.29 is 14.2 Å². The molecular formula is C27H34ClFN4O2. The average Bonchev–Trinajstić information content (AvgIpc) is 2.86. The van der Waals surface area contributed by atoms with Crippen LogP contribution in [0.4, 0.5) is 10.2 Å². The highest BCUT2D eigenvalue weighted by Gasteiger charge is 2.32. The number of allylic oxidation sites excluding steroid dienone is 1. The van der Waals surface area contributed by atoms with E-state index in [1.807, 2.05) is 18.2 Å². The van der Waals surface area contributed by atoms with Crippen molar-refractivity contribution >= 4 is 23.6 Å². The van der Waals surface area contributed by atoms with Crippen molar-refractivity contribution in [2.45, 2.75) is 63.8 Å². The molecule has 0 bridgehead atoms. The number of pyridine rings is 1. The molecule has 2 aromatic rings. The Bertz CT molecular complexity index is 1100. The molecule has 8 heteroatoms. The van der Waals surface area contributed by atoms with Gasteiger partial charge in [-0.3, -0.25) is 0 Å². The fourth-order valence-corrected chi connectivity index (χ4v) is 5.40. The van der Waals surface area contributed by atoms with Crippen LogP contribution in [0.3, 0.4) is 0 Å². The maximum atomic E-state index is 13.5. The fraction of sp³-hybridized carbons (Fsp3) is 0.481. The van der Waals surface area contributed by atoms with Crippen molar-refractivity contribution in [2.24, 2.45) is 0 Å². The van der Waals surface area contributed by atoms with Crippen molar-refractivity contribution in [3.05, 3.63) is 69.5 Å². The predicted molar refractivity (Wildman–Crippen MR) is 138 cm³/mol. The van der Waals surface area contributed by atoms with Crippen LogP contribution >= 0.6 is 11.6 Å². The Hall–Kier alpha value is -2.48. The van der Waals surface area contributed by atoms with E-state index < -0.39 is 12.3 Å². The lowest BCUT2D eigenvalue weighted by atomic mass is 9.83. The van der Waals surface area contributed by atoms with E-state index in [0.29, 0.717) is 48.0 Å². The first-order chi connectivity index (χ1) is 16.8. The van der Waals surface area contributed by atoms with Crippen LogP contribution in [0.1, 0.15) is 67.0 Å². The summed E-state index contributed by atoms with van der Waals surface area (Å²) in [5.74, 6) is 0.592. The Kier molecular flexibility index (Phi) is 7.79. The van der Waals surface area contributed by atoms with Crippen molar-refractivity contribution in [2.75, 3.05) is 25.1 Å². The molecule has 4 rings (SSSR count). The summed E-state index contributed by atoms with van der Waals surface area (Å²) in [5, 5.41) is 22.5. The summed E-state index contributed by atoms with van der Waals surface area (Å²) in [6.07, 6.45) is 6.96. The zero-order valence-electron chi connectivity index (χ0n) is 20.4. The predicted octanol–water partition coefficient (Wildman–Crippen LogP) is 5.52. The number of anilines is 1. The van der Waals surface area contributed by atoms with Gasteiger partial charge in [0.1, 0.15) is 24.3 Å². The summed E-state index contributed by atoms with van der Waals surface area (Å²) in [5.41, 5.74) is 3.53. The zero-order valence-corrected chi connectivity index (χ0v) is 21.2. The molecule has 1 saturated heterocycles. The Balaban J connectivity index is 1.57. The van der Waals surface area contributed by atoms with Crippen molar-refractivity contribution in [3.63, 3.8) is 0 Å². The van der Waals surface area contributed by atoms with Gasteiger partial charge >= 0.3 is 0 Å². The number of rotatable bonds is 8. The largest absolute Gasteiger partial charge is 0.383 e. The van der Waals surface area contributed by atoms with Gasteiger partial charge in [-0.15, -0.1) is 0 Å². The molecule has 3 N–H and O–H groups in total. The van der Waals surface area contributed by atoms with Crippen LogP contribution < -0.4 is 5.32 Å². The van der Waals surface area contributed by atoms with E-state index in [4.69, 9.17) is 21.7 Å². The first-order valence-electron chi connectivity index (χ1n) is 12.2. The van der Waals surface area contributed by atoms with Gasteiger partial charge in [0.05, 0.1) is 11.1 Å². The Morgan fingerprint density at radius 3 is 2.94 bits per heavy atom. The average molecular weight is 501 g/mol. The summed E-state index contributed by atoms with van der Waals surface area (Å²) in [4.78, 5) is 6.66. The number of halogens is 2. The summed E-state index contributed by atoms with van der Waals surface area (Å²) in [6, 6.07) is 5.72. The molecule has 2 aliphatic heterocycles. The molecule has 1 aromatic heterocycles. The number of nitrogens with zero attached hydrogens (tertiary/aromatic N) is 2. The quantitative estimate of drug-likeness (QED) is 0.415. The molecule has 2 aliphatic rings. The van der Waals surface area contributed by atoms with E-state index in [1.54, 1.807) is 6.20 Å². The topological polar surface area (TPSA) is 81.5 Å². The van der Waals surface area contributed by atoms with Gasteiger partial charge in [-0.1, -0.05) is 36.4 Å². The highest BCUT2D eigenvalue weighted by Crippen LogP contribution is 2.38. The zero-order chi connectivity index (χ0) is 25.2. The lowest BCUT2D eigenvalue weighted by Crippen LogP contribution is -2.36. The van der Waals surface area contributed by atoms with Gasteiger partial charge in [0.2, 0.25) is 0 Å². The molecule has 0 radical (unpaired) electrons. The van der Waals surface area contributed by atoms with Crippen LogP contribution in [0.5, 0.6) is 0 Å². The highest BCUT2D eigenvalue weighted by atomic mass is 35.5. The van der Waals surface area contributed by atoms with E-state index in [9.17, 15) is 9.50 Å². The van der Waals surface area contributed by atoms with E-state index in [1.165, 1.54) is 13.1 Å². The fourth-order valence-electron chi connectivity index (χ4n) is 5.18. The minimum Gasteiger partial charge on any atom is -0.383 e. The Morgan fingerprint density at radius 2 is 2.26 bits per heavy atom. The molecule has 6 nitrogen and oxygen atoms in total. The van der Waals surface area contributed by atoms with Gasteiger partial charge in [-0.05, 0) is 61.8 Å². The smallest absolute Gasteiger partial charge is 0.137 e. The van der Waals surface area contributed by atoms with Crippen LogP contribution in [0, 0.1) is 5.41 Å². The maximum absolute atomic E-state index is 13.5. The normalized spacial score (nSPS) is 21.7. The molecule has 1 unspecified atom stereocenters. The number of fused-ring (bicyclic) bond motifs is 1. The molecule has 1 fully saturated rings. The first kappa shape index (κ1) is 25.6. The van der Waals surface area contributed by atoms with Gasteiger partial charge in [0.15, 0.2) is 0 Å². The molecular weight excluding hydrogens is 467 g/mol. The molecule has 3 heterocycles. The number of ether oxygens (including phenoxy) is 1. The lowest BCUT2D eigenvalue weighted by Gasteiger charge is -2.40. The Labute approximate surface area is 211 Å². The van der Waals surface area contributed by atoms with E-state index in [0.717, 1.165) is 41.6 Å². The molecule has 0 amide bonds. The van der Waals surface area contributed by atoms with Crippen LogP contribution in [-0.4, -0.2) is 47.3 Å². The molecule has 0 saturated carbocycles. The van der Waals surface area contributed by atoms with Crippen molar-refractivity contribution in [1.82, 2.24) is 9.88 Å². The number of nitrogens with one attached hydrogen (secondary N) is 2. The number of benzene rings is 1. The number of aliphatic hydroxyl groups is 1. The van der Waals surface area contributed by atoms with Crippen LogP contribution in [0.15, 0.2) is 36.7 Å². The SMILES string of the molecule is C=C(Cc1c(Cl)cnc(NC2CCCCO2)c1C=N)N1CCc2c(cccc2[C@](C)(O)CF)[C@@H]1C. The molecule has 35 heavy (non-hydrogen) atoms. The third kappa shape index (κ3) is 5.22. The standard InChI is InChI=1S/C27H34ClFN4O2/c1-17(33-11-10-20-19(18(33)2)7-6-8-23(20)27(3,34)16-29)13-21-22(14-30)26(31-15-24(21)28)32-25-9-4-5-12-35-25/h6-8,14-15,18,25,30,34H,1,4-5,9-13,16H2,2-3H3,(H,31,32)/t18-,25?,27+/m0/s1. The molecule has 0 aliphatic carbocycles. The van der Waals surface area contributed by atoms with E-state index >= 15 is 0 Å². The van der Waals surface area contributed by atoms with Crippen molar-refractivity contribution in [1.29, 1.82) is 5.41 Å². The third-order valence-corrected chi connectivity index (χ3v) is 7.48. The minimum absolute atomic E-state index is 0.00103. The number of alkyl halides is 1. The third-order valence-electron chi connectivity index (χ3n) is 7.16. The van der Waals surface area contributed by atoms with Crippen LogP contribution in [0.2, 0.25) is 5.02 Å².